The number of thiazole rings is 1. The summed E-state index contributed by atoms with van der Waals surface area (Å²) in [7, 11) is 1.65. The lowest BCUT2D eigenvalue weighted by atomic mass is 10.2. The molecule has 2 aromatic heterocycles. The fourth-order valence-corrected chi connectivity index (χ4v) is 3.55. The van der Waals surface area contributed by atoms with E-state index in [4.69, 9.17) is 4.74 Å². The molecule has 6 nitrogen and oxygen atoms in total. The monoisotopic (exact) mass is 344 g/mol. The van der Waals surface area contributed by atoms with Gasteiger partial charge in [-0.25, -0.2) is 9.97 Å². The molecule has 1 unspecified atom stereocenters. The van der Waals surface area contributed by atoms with Crippen molar-refractivity contribution in [3.8, 4) is 0 Å². The number of carbonyl (C=O) groups is 1. The van der Waals surface area contributed by atoms with Gasteiger partial charge in [-0.1, -0.05) is 12.1 Å². The number of nitrogens with one attached hydrogen (secondary N) is 1. The van der Waals surface area contributed by atoms with Crippen LogP contribution in [0.5, 0.6) is 0 Å². The number of hydrogen-bond acceptors (Lipinski definition) is 5. The van der Waals surface area contributed by atoms with Crippen LogP contribution < -0.4 is 5.32 Å². The van der Waals surface area contributed by atoms with Gasteiger partial charge in [-0.05, 0) is 26.0 Å². The third kappa shape index (κ3) is 3.32. The van der Waals surface area contributed by atoms with Crippen LogP contribution in [0.15, 0.2) is 30.6 Å². The summed E-state index contributed by atoms with van der Waals surface area (Å²) in [5, 5.41) is 3.91. The second kappa shape index (κ2) is 7.11. The summed E-state index contributed by atoms with van der Waals surface area (Å²) >= 11 is 1.57. The van der Waals surface area contributed by atoms with Crippen molar-refractivity contribution in [3.63, 3.8) is 0 Å². The first-order valence-electron chi connectivity index (χ1n) is 7.73. The standard InChI is InChI=1S/C17H20N4O2S/c1-11-15(24-16(20-11)9-23-3)8-18-17(22)12(2)21-10-19-13-6-4-5-7-14(13)21/h4-7,10,12H,8-9H2,1-3H3,(H,18,22). The van der Waals surface area contributed by atoms with Crippen molar-refractivity contribution < 1.29 is 9.53 Å². The van der Waals surface area contributed by atoms with Crippen molar-refractivity contribution in [1.82, 2.24) is 19.9 Å². The number of hydrogen-bond donors (Lipinski definition) is 1. The lowest BCUT2D eigenvalue weighted by molar-refractivity contribution is -0.123. The Morgan fingerprint density at radius 1 is 1.42 bits per heavy atom. The first-order chi connectivity index (χ1) is 11.6. The van der Waals surface area contributed by atoms with Crippen molar-refractivity contribution in [2.24, 2.45) is 0 Å². The minimum Gasteiger partial charge on any atom is -0.378 e. The van der Waals surface area contributed by atoms with Crippen LogP contribution >= 0.6 is 11.3 Å². The van der Waals surface area contributed by atoms with Gasteiger partial charge in [-0.15, -0.1) is 11.3 Å². The molecule has 0 aliphatic heterocycles. The quantitative estimate of drug-likeness (QED) is 0.746. The van der Waals surface area contributed by atoms with Crippen LogP contribution in [0.4, 0.5) is 0 Å². The van der Waals surface area contributed by atoms with Crippen LogP contribution in [0.3, 0.4) is 0 Å². The third-order valence-corrected chi connectivity index (χ3v) is 5.04. The van der Waals surface area contributed by atoms with Gasteiger partial charge in [-0.3, -0.25) is 4.79 Å². The number of aryl methyl sites for hydroxylation is 1. The molecule has 1 amide bonds. The number of methoxy groups -OCH3 is 1. The molecular formula is C17H20N4O2S. The first-order valence-corrected chi connectivity index (χ1v) is 8.55. The number of fused-ring (bicyclic) bond motifs is 1. The molecule has 2 heterocycles. The largest absolute Gasteiger partial charge is 0.378 e. The van der Waals surface area contributed by atoms with E-state index in [0.717, 1.165) is 26.6 Å². The van der Waals surface area contributed by atoms with Gasteiger partial charge in [0.2, 0.25) is 5.91 Å². The molecule has 1 atom stereocenters. The van der Waals surface area contributed by atoms with E-state index in [1.807, 2.05) is 42.7 Å². The van der Waals surface area contributed by atoms with Crippen LogP contribution in [0.1, 0.15) is 28.5 Å². The van der Waals surface area contributed by atoms with Gasteiger partial charge in [0.15, 0.2) is 0 Å². The Morgan fingerprint density at radius 2 is 2.21 bits per heavy atom. The Balaban J connectivity index is 1.68. The summed E-state index contributed by atoms with van der Waals surface area (Å²) < 4.78 is 6.99. The number of amides is 1. The van der Waals surface area contributed by atoms with Crippen molar-refractivity contribution in [3.05, 3.63) is 46.2 Å². The Hall–Kier alpha value is -2.25. The second-order valence-corrected chi connectivity index (χ2v) is 6.75. The molecule has 1 N–H and O–H groups in total. The SMILES string of the molecule is COCc1nc(C)c(CNC(=O)C(C)n2cnc3ccccc32)s1. The predicted molar refractivity (Wildman–Crippen MR) is 93.9 cm³/mol. The van der Waals surface area contributed by atoms with Gasteiger partial charge in [-0.2, -0.15) is 0 Å². The van der Waals surface area contributed by atoms with Crippen molar-refractivity contribution in [2.45, 2.75) is 33.0 Å². The maximum absolute atomic E-state index is 12.5. The molecule has 0 radical (unpaired) electrons. The summed E-state index contributed by atoms with van der Waals surface area (Å²) in [5.41, 5.74) is 2.78. The molecule has 126 valence electrons. The maximum Gasteiger partial charge on any atom is 0.243 e. The van der Waals surface area contributed by atoms with Crippen LogP contribution in [0.25, 0.3) is 11.0 Å². The van der Waals surface area contributed by atoms with Crippen LogP contribution in [0, 0.1) is 6.92 Å². The molecule has 0 spiro atoms. The molecule has 1 aromatic carbocycles. The van der Waals surface area contributed by atoms with Gasteiger partial charge >= 0.3 is 0 Å². The molecule has 3 rings (SSSR count). The first kappa shape index (κ1) is 16.6. The van der Waals surface area contributed by atoms with Crippen molar-refractivity contribution in [1.29, 1.82) is 0 Å². The highest BCUT2D eigenvalue weighted by atomic mass is 32.1. The summed E-state index contributed by atoms with van der Waals surface area (Å²) in [6.45, 7) is 4.79. The zero-order valence-corrected chi connectivity index (χ0v) is 14.8. The Morgan fingerprint density at radius 3 is 3.00 bits per heavy atom. The average Bonchev–Trinajstić information content (AvgIpc) is 3.16. The van der Waals surface area contributed by atoms with E-state index in [-0.39, 0.29) is 11.9 Å². The molecule has 24 heavy (non-hydrogen) atoms. The maximum atomic E-state index is 12.5. The highest BCUT2D eigenvalue weighted by Gasteiger charge is 2.17. The number of carbonyl (C=O) groups excluding carboxylic acids is 1. The zero-order valence-electron chi connectivity index (χ0n) is 13.9. The molecule has 0 saturated carbocycles. The van der Waals surface area contributed by atoms with Gasteiger partial charge in [0.05, 0.1) is 36.2 Å². The van der Waals surface area contributed by atoms with Crippen LogP contribution in [0.2, 0.25) is 0 Å². The van der Waals surface area contributed by atoms with E-state index in [2.05, 4.69) is 15.3 Å². The van der Waals surface area contributed by atoms with E-state index in [1.165, 1.54) is 0 Å². The third-order valence-electron chi connectivity index (χ3n) is 3.91. The molecule has 0 fully saturated rings. The molecule has 0 aliphatic carbocycles. The smallest absolute Gasteiger partial charge is 0.243 e. The Labute approximate surface area is 144 Å². The van der Waals surface area contributed by atoms with Gasteiger partial charge < -0.3 is 14.6 Å². The minimum absolute atomic E-state index is 0.0424. The topological polar surface area (TPSA) is 69.0 Å². The average molecular weight is 344 g/mol. The molecule has 7 heteroatoms. The fourth-order valence-electron chi connectivity index (χ4n) is 2.57. The number of nitrogens with zero attached hydrogens (tertiary/aromatic N) is 3. The minimum atomic E-state index is -0.330. The van der Waals surface area contributed by atoms with Crippen LogP contribution in [-0.2, 0) is 22.7 Å². The molecule has 0 aliphatic rings. The van der Waals surface area contributed by atoms with Crippen LogP contribution in [-0.4, -0.2) is 27.6 Å². The summed E-state index contributed by atoms with van der Waals surface area (Å²) in [6, 6.07) is 7.46. The number of benzene rings is 1. The Bertz CT molecular complexity index is 855. The summed E-state index contributed by atoms with van der Waals surface area (Å²) in [6.07, 6.45) is 1.71. The van der Waals surface area contributed by atoms with E-state index in [1.54, 1.807) is 24.8 Å². The number of rotatable bonds is 6. The number of imidazole rings is 1. The summed E-state index contributed by atoms with van der Waals surface area (Å²) in [4.78, 5) is 22.3. The number of ether oxygens (including phenoxy) is 1. The second-order valence-electron chi connectivity index (χ2n) is 5.58. The van der Waals surface area contributed by atoms with E-state index < -0.39 is 0 Å². The van der Waals surface area contributed by atoms with E-state index in [0.29, 0.717) is 13.2 Å². The Kier molecular flexibility index (Phi) is 4.92. The van der Waals surface area contributed by atoms with Gasteiger partial charge in [0.25, 0.3) is 0 Å². The highest BCUT2D eigenvalue weighted by Crippen LogP contribution is 2.20. The fraction of sp³-hybridized carbons (Fsp3) is 0.353. The highest BCUT2D eigenvalue weighted by molar-refractivity contribution is 7.11. The van der Waals surface area contributed by atoms with Crippen molar-refractivity contribution in [2.75, 3.05) is 7.11 Å². The summed E-state index contributed by atoms with van der Waals surface area (Å²) in [5.74, 6) is -0.0424. The molecular weight excluding hydrogens is 324 g/mol. The molecule has 3 aromatic rings. The van der Waals surface area contributed by atoms with E-state index >= 15 is 0 Å². The normalized spacial score (nSPS) is 12.5. The lowest BCUT2D eigenvalue weighted by Gasteiger charge is -2.14. The molecule has 0 bridgehead atoms. The number of aromatic nitrogens is 3. The van der Waals surface area contributed by atoms with E-state index in [9.17, 15) is 4.79 Å². The van der Waals surface area contributed by atoms with Gasteiger partial charge in [0.1, 0.15) is 11.0 Å². The van der Waals surface area contributed by atoms with Gasteiger partial charge in [0, 0.05) is 12.0 Å². The lowest BCUT2D eigenvalue weighted by Crippen LogP contribution is -2.30. The molecule has 0 saturated heterocycles. The zero-order chi connectivity index (χ0) is 17.1. The predicted octanol–water partition coefficient (Wildman–Crippen LogP) is 2.83. The van der Waals surface area contributed by atoms with Crippen molar-refractivity contribution >= 4 is 28.3 Å². The number of para-hydroxylation sites is 2.